The third-order valence-electron chi connectivity index (χ3n) is 1.99. The second kappa shape index (κ2) is 4.17. The predicted octanol–water partition coefficient (Wildman–Crippen LogP) is 1.92. The van der Waals surface area contributed by atoms with Crippen LogP contribution >= 0.6 is 0 Å². The molecule has 0 aliphatic rings. The monoisotopic (exact) mass is 256 g/mol. The van der Waals surface area contributed by atoms with Gasteiger partial charge in [0.15, 0.2) is 0 Å². The van der Waals surface area contributed by atoms with Crippen LogP contribution in [0.25, 0.3) is 0 Å². The highest BCUT2D eigenvalue weighted by molar-refractivity contribution is 7.92. The Labute approximate surface area is 97.3 Å². The van der Waals surface area contributed by atoms with Gasteiger partial charge in [0.2, 0.25) is 5.88 Å². The maximum absolute atomic E-state index is 13.3. The quantitative estimate of drug-likeness (QED) is 0.910. The third kappa shape index (κ3) is 2.44. The van der Waals surface area contributed by atoms with Gasteiger partial charge in [0.1, 0.15) is 10.7 Å². The first-order chi connectivity index (χ1) is 7.99. The van der Waals surface area contributed by atoms with E-state index in [0.29, 0.717) is 5.69 Å². The average molecular weight is 256 g/mol. The molecule has 1 N–H and O–H groups in total. The molecule has 2 rings (SSSR count). The van der Waals surface area contributed by atoms with Crippen LogP contribution in [-0.2, 0) is 10.0 Å². The second-order valence-corrected chi connectivity index (χ2v) is 5.02. The van der Waals surface area contributed by atoms with Crippen molar-refractivity contribution in [2.45, 2.75) is 11.8 Å². The fourth-order valence-corrected chi connectivity index (χ4v) is 2.32. The molecular formula is C10H9FN2O3S. The summed E-state index contributed by atoms with van der Waals surface area (Å²) >= 11 is 0. The molecule has 0 fully saturated rings. The maximum atomic E-state index is 13.3. The predicted molar refractivity (Wildman–Crippen MR) is 58.4 cm³/mol. The molecule has 0 saturated heterocycles. The Bertz CT molecular complexity index is 637. The highest BCUT2D eigenvalue weighted by Gasteiger charge is 2.20. The number of aromatic nitrogens is 1. The van der Waals surface area contributed by atoms with Crippen molar-refractivity contribution in [1.82, 2.24) is 5.16 Å². The maximum Gasteiger partial charge on any atom is 0.267 e. The summed E-state index contributed by atoms with van der Waals surface area (Å²) in [5, 5.41) is 3.52. The molecule has 90 valence electrons. The fraction of sp³-hybridized carbons (Fsp3) is 0.100. The van der Waals surface area contributed by atoms with Crippen LogP contribution in [0.5, 0.6) is 0 Å². The molecule has 0 atom stereocenters. The summed E-state index contributed by atoms with van der Waals surface area (Å²) in [7, 11) is -3.99. The topological polar surface area (TPSA) is 72.2 Å². The van der Waals surface area contributed by atoms with Crippen LogP contribution in [0.15, 0.2) is 39.8 Å². The van der Waals surface area contributed by atoms with Crippen LogP contribution in [0.4, 0.5) is 10.3 Å². The van der Waals surface area contributed by atoms with Crippen molar-refractivity contribution < 1.29 is 17.3 Å². The largest absolute Gasteiger partial charge is 0.338 e. The number of anilines is 1. The standard InChI is InChI=1S/C10H9FN2O3S/c1-7-6-10(16-12-7)13-17(14,15)9-5-3-2-4-8(9)11/h2-6,13H,1H3. The zero-order chi connectivity index (χ0) is 12.5. The molecule has 0 unspecified atom stereocenters. The molecule has 0 saturated carbocycles. The minimum absolute atomic E-state index is 0.0502. The minimum atomic E-state index is -3.99. The Morgan fingerprint density at radius 3 is 2.65 bits per heavy atom. The number of sulfonamides is 1. The second-order valence-electron chi connectivity index (χ2n) is 3.37. The molecule has 17 heavy (non-hydrogen) atoms. The van der Waals surface area contributed by atoms with Gasteiger partial charge in [0.05, 0.1) is 5.69 Å². The van der Waals surface area contributed by atoms with Crippen molar-refractivity contribution >= 4 is 15.9 Å². The van der Waals surface area contributed by atoms with Gasteiger partial charge in [-0.25, -0.2) is 17.5 Å². The summed E-state index contributed by atoms with van der Waals surface area (Å²) in [5.41, 5.74) is 0.524. The lowest BCUT2D eigenvalue weighted by atomic mass is 10.4. The van der Waals surface area contributed by atoms with Gasteiger partial charge < -0.3 is 4.52 Å². The van der Waals surface area contributed by atoms with Gasteiger partial charge in [0.25, 0.3) is 10.0 Å². The van der Waals surface area contributed by atoms with Gasteiger partial charge >= 0.3 is 0 Å². The number of rotatable bonds is 3. The van der Waals surface area contributed by atoms with Gasteiger partial charge in [-0.2, -0.15) is 0 Å². The first-order valence-corrected chi connectivity index (χ1v) is 6.18. The lowest BCUT2D eigenvalue weighted by molar-refractivity contribution is 0.430. The summed E-state index contributed by atoms with van der Waals surface area (Å²) < 4.78 is 43.7. The molecular weight excluding hydrogens is 247 g/mol. The van der Waals surface area contributed by atoms with Crippen LogP contribution < -0.4 is 4.72 Å². The molecule has 5 nitrogen and oxygen atoms in total. The Morgan fingerprint density at radius 1 is 1.35 bits per heavy atom. The van der Waals surface area contributed by atoms with E-state index in [-0.39, 0.29) is 5.88 Å². The molecule has 7 heteroatoms. The highest BCUT2D eigenvalue weighted by atomic mass is 32.2. The van der Waals surface area contributed by atoms with Gasteiger partial charge in [-0.05, 0) is 19.1 Å². The van der Waals surface area contributed by atoms with Gasteiger partial charge in [-0.3, -0.25) is 0 Å². The Kier molecular flexibility index (Phi) is 2.84. The fourth-order valence-electron chi connectivity index (χ4n) is 1.26. The number of nitrogens with one attached hydrogen (secondary N) is 1. The molecule has 0 spiro atoms. The lowest BCUT2D eigenvalue weighted by Crippen LogP contribution is -2.13. The SMILES string of the molecule is Cc1cc(NS(=O)(=O)c2ccccc2F)on1. The zero-order valence-corrected chi connectivity index (χ0v) is 9.66. The van der Waals surface area contributed by atoms with E-state index in [2.05, 4.69) is 9.88 Å². The van der Waals surface area contributed by atoms with Crippen molar-refractivity contribution in [1.29, 1.82) is 0 Å². The van der Waals surface area contributed by atoms with E-state index < -0.39 is 20.7 Å². The minimum Gasteiger partial charge on any atom is -0.338 e. The Hall–Kier alpha value is -1.89. The Balaban J connectivity index is 2.35. The van der Waals surface area contributed by atoms with Crippen molar-refractivity contribution in [3.63, 3.8) is 0 Å². The van der Waals surface area contributed by atoms with E-state index in [9.17, 15) is 12.8 Å². The molecule has 1 heterocycles. The van der Waals surface area contributed by atoms with Crippen molar-refractivity contribution in [2.75, 3.05) is 4.72 Å². The molecule has 0 bridgehead atoms. The van der Waals surface area contributed by atoms with Crippen LogP contribution in [0.1, 0.15) is 5.69 Å². The van der Waals surface area contributed by atoms with Gasteiger partial charge in [-0.1, -0.05) is 17.3 Å². The highest BCUT2D eigenvalue weighted by Crippen LogP contribution is 2.18. The first-order valence-electron chi connectivity index (χ1n) is 4.70. The smallest absolute Gasteiger partial charge is 0.267 e. The van der Waals surface area contributed by atoms with Crippen LogP contribution in [0, 0.1) is 12.7 Å². The van der Waals surface area contributed by atoms with Gasteiger partial charge in [-0.15, -0.1) is 0 Å². The summed E-state index contributed by atoms with van der Waals surface area (Å²) in [4.78, 5) is -0.436. The number of aryl methyl sites for hydroxylation is 1. The lowest BCUT2D eigenvalue weighted by Gasteiger charge is -2.04. The average Bonchev–Trinajstić information content (AvgIpc) is 2.63. The Morgan fingerprint density at radius 2 is 2.06 bits per heavy atom. The summed E-state index contributed by atoms with van der Waals surface area (Å²) in [6.07, 6.45) is 0. The zero-order valence-electron chi connectivity index (χ0n) is 8.84. The molecule has 0 amide bonds. The number of nitrogens with zero attached hydrogens (tertiary/aromatic N) is 1. The molecule has 1 aromatic heterocycles. The molecule has 1 aromatic carbocycles. The van der Waals surface area contributed by atoms with Gasteiger partial charge in [0, 0.05) is 6.07 Å². The van der Waals surface area contributed by atoms with E-state index in [1.54, 1.807) is 6.92 Å². The number of halogens is 1. The van der Waals surface area contributed by atoms with E-state index in [0.717, 1.165) is 6.07 Å². The van der Waals surface area contributed by atoms with E-state index in [1.807, 2.05) is 0 Å². The van der Waals surface area contributed by atoms with E-state index >= 15 is 0 Å². The molecule has 0 aliphatic carbocycles. The van der Waals surface area contributed by atoms with Crippen molar-refractivity contribution in [2.24, 2.45) is 0 Å². The number of hydrogen-bond donors (Lipinski definition) is 1. The normalized spacial score (nSPS) is 11.4. The molecule has 0 radical (unpaired) electrons. The molecule has 2 aromatic rings. The van der Waals surface area contributed by atoms with Crippen LogP contribution in [0.2, 0.25) is 0 Å². The van der Waals surface area contributed by atoms with Crippen molar-refractivity contribution in [3.8, 4) is 0 Å². The van der Waals surface area contributed by atoms with Crippen LogP contribution in [-0.4, -0.2) is 13.6 Å². The van der Waals surface area contributed by atoms with Crippen LogP contribution in [0.3, 0.4) is 0 Å². The summed E-state index contributed by atoms with van der Waals surface area (Å²) in [5.74, 6) is -0.873. The van der Waals surface area contributed by atoms with Crippen molar-refractivity contribution in [3.05, 3.63) is 41.8 Å². The summed E-state index contributed by atoms with van der Waals surface area (Å²) in [6, 6.07) is 6.48. The van der Waals surface area contributed by atoms with E-state index in [4.69, 9.17) is 4.52 Å². The number of hydrogen-bond acceptors (Lipinski definition) is 4. The third-order valence-corrected chi connectivity index (χ3v) is 3.37. The number of benzene rings is 1. The first kappa shape index (κ1) is 11.6. The summed E-state index contributed by atoms with van der Waals surface area (Å²) in [6.45, 7) is 1.64. The molecule has 0 aliphatic heterocycles. The van der Waals surface area contributed by atoms with E-state index in [1.165, 1.54) is 24.3 Å².